The lowest BCUT2D eigenvalue weighted by atomic mass is 10.1. The number of pyridine rings is 1. The van der Waals surface area contributed by atoms with Gasteiger partial charge in [-0.25, -0.2) is 4.98 Å². The van der Waals surface area contributed by atoms with Crippen LogP contribution in [0.5, 0.6) is 0 Å². The molecule has 18 heavy (non-hydrogen) atoms. The number of benzene rings is 1. The number of aromatic nitrogens is 1. The molecule has 0 saturated heterocycles. The second-order valence-corrected chi connectivity index (χ2v) is 5.69. The highest BCUT2D eigenvalue weighted by Gasteiger charge is 2.04. The van der Waals surface area contributed by atoms with Crippen LogP contribution in [0.15, 0.2) is 52.5 Å². The lowest BCUT2D eigenvalue weighted by Gasteiger charge is -2.06. The van der Waals surface area contributed by atoms with Gasteiger partial charge in [-0.1, -0.05) is 35.5 Å². The molecule has 0 aliphatic rings. The zero-order valence-corrected chi connectivity index (χ0v) is 11.7. The van der Waals surface area contributed by atoms with Crippen molar-refractivity contribution in [2.24, 2.45) is 5.73 Å². The first kappa shape index (κ1) is 13.4. The molecular weight excluding hydrogens is 264 g/mol. The number of hydrogen-bond donors (Lipinski definition) is 1. The molecule has 2 N–H and O–H groups in total. The molecular formula is C14H15ClN2S. The summed E-state index contributed by atoms with van der Waals surface area (Å²) in [5.74, 6) is 0. The fraction of sp³-hybridized carbons (Fsp3) is 0.214. The Kier molecular flexibility index (Phi) is 4.64. The number of nitrogens with zero attached hydrogens (tertiary/aromatic N) is 1. The molecule has 0 fully saturated rings. The van der Waals surface area contributed by atoms with E-state index in [1.807, 2.05) is 19.1 Å². The highest BCUT2D eigenvalue weighted by atomic mass is 35.5. The second-order valence-electron chi connectivity index (χ2n) is 4.22. The van der Waals surface area contributed by atoms with Crippen molar-refractivity contribution in [1.82, 2.24) is 4.98 Å². The molecule has 1 aromatic carbocycles. The van der Waals surface area contributed by atoms with Crippen LogP contribution in [0, 0.1) is 0 Å². The minimum absolute atomic E-state index is 0.189. The van der Waals surface area contributed by atoms with Gasteiger partial charge in [0, 0.05) is 17.1 Å². The predicted octanol–water partition coefficient (Wildman–Crippen LogP) is 3.78. The topological polar surface area (TPSA) is 38.9 Å². The van der Waals surface area contributed by atoms with Gasteiger partial charge < -0.3 is 5.73 Å². The average Bonchev–Trinajstić information content (AvgIpc) is 2.34. The fourth-order valence-electron chi connectivity index (χ4n) is 1.62. The molecule has 1 aromatic heterocycles. The van der Waals surface area contributed by atoms with Crippen LogP contribution >= 0.6 is 23.4 Å². The van der Waals surface area contributed by atoms with Gasteiger partial charge in [0.05, 0.1) is 5.02 Å². The van der Waals surface area contributed by atoms with Crippen LogP contribution in [0.4, 0.5) is 0 Å². The Hall–Kier alpha value is -1.03. The van der Waals surface area contributed by atoms with E-state index in [9.17, 15) is 0 Å². The maximum atomic E-state index is 6.07. The quantitative estimate of drug-likeness (QED) is 0.925. The van der Waals surface area contributed by atoms with Crippen molar-refractivity contribution < 1.29 is 0 Å². The summed E-state index contributed by atoms with van der Waals surface area (Å²) in [6.45, 7) is 2.01. The number of halogens is 1. The van der Waals surface area contributed by atoms with Crippen molar-refractivity contribution in [3.05, 3.63) is 53.2 Å². The molecule has 2 rings (SSSR count). The Morgan fingerprint density at radius 1 is 1.28 bits per heavy atom. The molecule has 1 unspecified atom stereocenters. The molecule has 0 bridgehead atoms. The van der Waals surface area contributed by atoms with Gasteiger partial charge in [-0.05, 0) is 43.2 Å². The highest BCUT2D eigenvalue weighted by Crippen LogP contribution is 2.31. The predicted molar refractivity (Wildman–Crippen MR) is 77.2 cm³/mol. The van der Waals surface area contributed by atoms with Crippen LogP contribution in [-0.4, -0.2) is 11.0 Å². The molecule has 0 amide bonds. The Morgan fingerprint density at radius 2 is 2.00 bits per heavy atom. The van der Waals surface area contributed by atoms with Crippen molar-refractivity contribution in [1.29, 1.82) is 0 Å². The largest absolute Gasteiger partial charge is 0.328 e. The normalized spacial score (nSPS) is 12.4. The van der Waals surface area contributed by atoms with E-state index in [1.54, 1.807) is 18.0 Å². The SMILES string of the molecule is CC(N)Cc1ccc(Sc2ncccc2Cl)cc1. The lowest BCUT2D eigenvalue weighted by Crippen LogP contribution is -2.17. The van der Waals surface area contributed by atoms with Crippen LogP contribution < -0.4 is 5.73 Å². The zero-order valence-electron chi connectivity index (χ0n) is 10.1. The average molecular weight is 279 g/mol. The minimum atomic E-state index is 0.189. The van der Waals surface area contributed by atoms with Crippen molar-refractivity contribution in [2.75, 3.05) is 0 Å². The van der Waals surface area contributed by atoms with E-state index in [0.717, 1.165) is 16.3 Å². The van der Waals surface area contributed by atoms with Gasteiger partial charge in [0.1, 0.15) is 5.03 Å². The summed E-state index contributed by atoms with van der Waals surface area (Å²) in [6, 6.07) is 12.2. The van der Waals surface area contributed by atoms with Gasteiger partial charge in [-0.2, -0.15) is 0 Å². The van der Waals surface area contributed by atoms with E-state index in [2.05, 4.69) is 29.2 Å². The Labute approximate surface area is 117 Å². The third kappa shape index (κ3) is 3.73. The van der Waals surface area contributed by atoms with Crippen LogP contribution in [-0.2, 0) is 6.42 Å². The third-order valence-electron chi connectivity index (χ3n) is 2.42. The molecule has 1 atom stereocenters. The van der Waals surface area contributed by atoms with Crippen molar-refractivity contribution >= 4 is 23.4 Å². The van der Waals surface area contributed by atoms with Crippen LogP contribution in [0.25, 0.3) is 0 Å². The summed E-state index contributed by atoms with van der Waals surface area (Å²) in [6.07, 6.45) is 2.65. The summed E-state index contributed by atoms with van der Waals surface area (Å²) in [4.78, 5) is 5.38. The molecule has 94 valence electrons. The smallest absolute Gasteiger partial charge is 0.119 e. The summed E-state index contributed by atoms with van der Waals surface area (Å²) >= 11 is 7.64. The van der Waals surface area contributed by atoms with Crippen molar-refractivity contribution in [2.45, 2.75) is 29.3 Å². The first-order valence-electron chi connectivity index (χ1n) is 5.78. The molecule has 2 aromatic rings. The van der Waals surface area contributed by atoms with E-state index in [4.69, 9.17) is 17.3 Å². The summed E-state index contributed by atoms with van der Waals surface area (Å²) < 4.78 is 0. The van der Waals surface area contributed by atoms with E-state index in [1.165, 1.54) is 5.56 Å². The van der Waals surface area contributed by atoms with Gasteiger partial charge in [0.15, 0.2) is 0 Å². The van der Waals surface area contributed by atoms with Crippen LogP contribution in [0.3, 0.4) is 0 Å². The molecule has 0 radical (unpaired) electrons. The summed E-state index contributed by atoms with van der Waals surface area (Å²) in [5, 5.41) is 1.52. The first-order chi connectivity index (χ1) is 8.65. The molecule has 0 aliphatic heterocycles. The Balaban J connectivity index is 2.09. The Bertz CT molecular complexity index is 511. The molecule has 0 saturated carbocycles. The van der Waals surface area contributed by atoms with Crippen molar-refractivity contribution in [3.63, 3.8) is 0 Å². The highest BCUT2D eigenvalue weighted by molar-refractivity contribution is 7.99. The molecule has 0 aliphatic carbocycles. The van der Waals surface area contributed by atoms with Crippen molar-refractivity contribution in [3.8, 4) is 0 Å². The number of hydrogen-bond acceptors (Lipinski definition) is 3. The molecule has 0 spiro atoms. The van der Waals surface area contributed by atoms with Gasteiger partial charge in [0.25, 0.3) is 0 Å². The maximum Gasteiger partial charge on any atom is 0.119 e. The van der Waals surface area contributed by atoms with E-state index in [-0.39, 0.29) is 6.04 Å². The first-order valence-corrected chi connectivity index (χ1v) is 6.97. The van der Waals surface area contributed by atoms with Gasteiger partial charge in [-0.3, -0.25) is 0 Å². The molecule has 1 heterocycles. The maximum absolute atomic E-state index is 6.07. The van der Waals surface area contributed by atoms with Crippen LogP contribution in [0.1, 0.15) is 12.5 Å². The van der Waals surface area contributed by atoms with E-state index >= 15 is 0 Å². The summed E-state index contributed by atoms with van der Waals surface area (Å²) in [7, 11) is 0. The summed E-state index contributed by atoms with van der Waals surface area (Å²) in [5.41, 5.74) is 7.02. The minimum Gasteiger partial charge on any atom is -0.328 e. The zero-order chi connectivity index (χ0) is 13.0. The lowest BCUT2D eigenvalue weighted by molar-refractivity contribution is 0.737. The Morgan fingerprint density at radius 3 is 2.61 bits per heavy atom. The van der Waals surface area contributed by atoms with Gasteiger partial charge >= 0.3 is 0 Å². The van der Waals surface area contributed by atoms with Crippen LogP contribution in [0.2, 0.25) is 5.02 Å². The monoisotopic (exact) mass is 278 g/mol. The van der Waals surface area contributed by atoms with Gasteiger partial charge in [0.2, 0.25) is 0 Å². The third-order valence-corrected chi connectivity index (χ3v) is 3.86. The molecule has 4 heteroatoms. The fourth-order valence-corrected chi connectivity index (χ4v) is 2.64. The van der Waals surface area contributed by atoms with E-state index in [0.29, 0.717) is 5.02 Å². The second kappa shape index (κ2) is 6.23. The number of rotatable bonds is 4. The number of nitrogens with two attached hydrogens (primary N) is 1. The van der Waals surface area contributed by atoms with Gasteiger partial charge in [-0.15, -0.1) is 0 Å². The molecule has 2 nitrogen and oxygen atoms in total. The standard InChI is InChI=1S/C14H15ClN2S/c1-10(16)9-11-4-6-12(7-5-11)18-14-13(15)3-2-8-17-14/h2-8,10H,9,16H2,1H3. The van der Waals surface area contributed by atoms with E-state index < -0.39 is 0 Å².